The molecule has 0 bridgehead atoms. The number of nitrogens with zero attached hydrogens (tertiary/aromatic N) is 5. The van der Waals surface area contributed by atoms with E-state index in [1.807, 2.05) is 56.0 Å². The molecule has 0 saturated carbocycles. The van der Waals surface area contributed by atoms with Crippen molar-refractivity contribution in [3.8, 4) is 17.2 Å². The first-order valence-electron chi connectivity index (χ1n) is 10.2. The van der Waals surface area contributed by atoms with Crippen LogP contribution in [0.3, 0.4) is 0 Å². The van der Waals surface area contributed by atoms with E-state index in [1.54, 1.807) is 4.68 Å². The van der Waals surface area contributed by atoms with E-state index in [0.717, 1.165) is 33.9 Å². The molecular weight excluding hydrogens is 414 g/mol. The zero-order valence-corrected chi connectivity index (χ0v) is 18.7. The molecule has 0 spiro atoms. The number of aryl methyl sites for hydroxylation is 2. The second kappa shape index (κ2) is 9.38. The van der Waals surface area contributed by atoms with Crippen LogP contribution in [0.1, 0.15) is 23.6 Å². The van der Waals surface area contributed by atoms with Crippen LogP contribution in [0.4, 0.5) is 0 Å². The fraction of sp³-hybridized carbons (Fsp3) is 0.364. The van der Waals surface area contributed by atoms with Crippen molar-refractivity contribution in [3.05, 3.63) is 53.1 Å². The lowest BCUT2D eigenvalue weighted by Gasteiger charge is -2.23. The van der Waals surface area contributed by atoms with Crippen LogP contribution in [0.5, 0.6) is 11.5 Å². The molecule has 9 heteroatoms. The van der Waals surface area contributed by atoms with E-state index >= 15 is 0 Å². The maximum Gasteiger partial charge on any atom is 0.233 e. The van der Waals surface area contributed by atoms with Crippen LogP contribution >= 0.6 is 11.8 Å². The number of amides is 1. The molecule has 0 N–H and O–H groups in total. The fourth-order valence-corrected chi connectivity index (χ4v) is 4.30. The lowest BCUT2D eigenvalue weighted by molar-refractivity contribution is -0.128. The van der Waals surface area contributed by atoms with Crippen LogP contribution in [-0.4, -0.2) is 56.5 Å². The normalized spacial score (nSPS) is 12.6. The van der Waals surface area contributed by atoms with E-state index < -0.39 is 0 Å². The van der Waals surface area contributed by atoms with Crippen molar-refractivity contribution in [3.63, 3.8) is 0 Å². The van der Waals surface area contributed by atoms with E-state index in [0.29, 0.717) is 31.5 Å². The number of benzene rings is 2. The summed E-state index contributed by atoms with van der Waals surface area (Å²) in [4.78, 5) is 14.7. The summed E-state index contributed by atoms with van der Waals surface area (Å²) in [5.41, 5.74) is 4.16. The fourth-order valence-electron chi connectivity index (χ4n) is 3.50. The van der Waals surface area contributed by atoms with Crippen molar-refractivity contribution < 1.29 is 14.3 Å². The Kier molecular flexibility index (Phi) is 6.41. The molecule has 0 atom stereocenters. The summed E-state index contributed by atoms with van der Waals surface area (Å²) >= 11 is 1.34. The molecule has 1 aliphatic rings. The summed E-state index contributed by atoms with van der Waals surface area (Å²) in [6.07, 6.45) is 0. The third-order valence-corrected chi connectivity index (χ3v) is 5.84. The van der Waals surface area contributed by atoms with Gasteiger partial charge in [-0.3, -0.25) is 4.79 Å². The topological polar surface area (TPSA) is 82.4 Å². The first-order valence-corrected chi connectivity index (χ1v) is 11.2. The van der Waals surface area contributed by atoms with E-state index in [9.17, 15) is 4.79 Å². The Labute approximate surface area is 185 Å². The Balaban J connectivity index is 1.42. The zero-order valence-electron chi connectivity index (χ0n) is 17.9. The molecule has 8 nitrogen and oxygen atoms in total. The number of hydrogen-bond donors (Lipinski definition) is 0. The van der Waals surface area contributed by atoms with Crippen LogP contribution in [-0.2, 0) is 11.3 Å². The van der Waals surface area contributed by atoms with Gasteiger partial charge in [-0.2, -0.15) is 4.68 Å². The molecule has 0 aliphatic carbocycles. The molecule has 162 valence electrons. The third-order valence-electron chi connectivity index (χ3n) is 4.93. The van der Waals surface area contributed by atoms with Crippen LogP contribution in [0.25, 0.3) is 5.69 Å². The number of ether oxygens (including phenoxy) is 2. The quantitative estimate of drug-likeness (QED) is 0.523. The Hall–Kier alpha value is -3.07. The molecule has 0 fully saturated rings. The molecular formula is C22H25N5O3S. The Morgan fingerprint density at radius 3 is 2.58 bits per heavy atom. The highest BCUT2D eigenvalue weighted by molar-refractivity contribution is 7.99. The second-order valence-corrected chi connectivity index (χ2v) is 8.34. The molecule has 2 aromatic carbocycles. The number of fused-ring (bicyclic) bond motifs is 1. The third kappa shape index (κ3) is 4.99. The van der Waals surface area contributed by atoms with Gasteiger partial charge in [0, 0.05) is 13.1 Å². The predicted molar refractivity (Wildman–Crippen MR) is 118 cm³/mol. The summed E-state index contributed by atoms with van der Waals surface area (Å²) < 4.78 is 12.9. The summed E-state index contributed by atoms with van der Waals surface area (Å²) in [7, 11) is 0. The minimum atomic E-state index is 0.0253. The van der Waals surface area contributed by atoms with Gasteiger partial charge in [-0.15, -0.1) is 5.10 Å². The van der Waals surface area contributed by atoms with E-state index in [4.69, 9.17) is 9.47 Å². The first kappa shape index (κ1) is 21.2. The standard InChI is InChI=1S/C22H25N5O3S/c1-4-26(13-17-5-6-19-20(12-17)30-8-7-29-19)21(28)14-31-22-23-24-25-27(22)18-10-15(2)9-16(3)11-18/h5-6,9-12H,4,7-8,13-14H2,1-3H3. The van der Waals surface area contributed by atoms with E-state index in [2.05, 4.69) is 21.6 Å². The molecule has 0 unspecified atom stereocenters. The number of aromatic nitrogens is 4. The van der Waals surface area contributed by atoms with Gasteiger partial charge < -0.3 is 14.4 Å². The summed E-state index contributed by atoms with van der Waals surface area (Å²) in [5, 5.41) is 12.6. The molecule has 3 aromatic rings. The Morgan fingerprint density at radius 1 is 1.10 bits per heavy atom. The van der Waals surface area contributed by atoms with Crippen molar-refractivity contribution in [2.75, 3.05) is 25.5 Å². The average Bonchev–Trinajstić information content (AvgIpc) is 3.24. The molecule has 1 aliphatic heterocycles. The van der Waals surface area contributed by atoms with Crippen molar-refractivity contribution in [2.24, 2.45) is 0 Å². The molecule has 0 radical (unpaired) electrons. The highest BCUT2D eigenvalue weighted by Crippen LogP contribution is 2.31. The van der Waals surface area contributed by atoms with Gasteiger partial charge in [0.2, 0.25) is 11.1 Å². The van der Waals surface area contributed by atoms with Gasteiger partial charge in [-0.1, -0.05) is 23.9 Å². The van der Waals surface area contributed by atoms with Crippen molar-refractivity contribution in [1.29, 1.82) is 0 Å². The lowest BCUT2D eigenvalue weighted by Crippen LogP contribution is -2.31. The number of hydrogen-bond acceptors (Lipinski definition) is 7. The van der Waals surface area contributed by atoms with Crippen molar-refractivity contribution in [2.45, 2.75) is 32.5 Å². The minimum absolute atomic E-state index is 0.0253. The highest BCUT2D eigenvalue weighted by Gasteiger charge is 2.18. The van der Waals surface area contributed by atoms with Gasteiger partial charge in [0.1, 0.15) is 13.2 Å². The van der Waals surface area contributed by atoms with Crippen molar-refractivity contribution in [1.82, 2.24) is 25.1 Å². The zero-order chi connectivity index (χ0) is 21.8. The number of thioether (sulfide) groups is 1. The van der Waals surface area contributed by atoms with Gasteiger partial charge >= 0.3 is 0 Å². The van der Waals surface area contributed by atoms with Gasteiger partial charge in [0.05, 0.1) is 11.4 Å². The number of tetrazole rings is 1. The Bertz CT molecular complexity index is 1060. The SMILES string of the molecule is CCN(Cc1ccc2c(c1)OCCO2)C(=O)CSc1nnnn1-c1cc(C)cc(C)c1. The number of carbonyl (C=O) groups excluding carboxylic acids is 1. The van der Waals surface area contributed by atoms with E-state index in [-0.39, 0.29) is 11.7 Å². The summed E-state index contributed by atoms with van der Waals surface area (Å²) in [5.74, 6) is 1.76. The molecule has 1 aromatic heterocycles. The summed E-state index contributed by atoms with van der Waals surface area (Å²) in [6.45, 7) is 8.26. The molecule has 31 heavy (non-hydrogen) atoms. The number of carbonyl (C=O) groups is 1. The van der Waals surface area contributed by atoms with Crippen LogP contribution in [0, 0.1) is 13.8 Å². The minimum Gasteiger partial charge on any atom is -0.486 e. The van der Waals surface area contributed by atoms with Gasteiger partial charge in [0.25, 0.3) is 0 Å². The van der Waals surface area contributed by atoms with Gasteiger partial charge in [0.15, 0.2) is 11.5 Å². The maximum absolute atomic E-state index is 12.9. The molecule has 2 heterocycles. The smallest absolute Gasteiger partial charge is 0.233 e. The van der Waals surface area contributed by atoms with Crippen LogP contribution in [0.15, 0.2) is 41.6 Å². The molecule has 1 amide bonds. The Morgan fingerprint density at radius 2 is 1.84 bits per heavy atom. The van der Waals surface area contributed by atoms with E-state index in [1.165, 1.54) is 11.8 Å². The van der Waals surface area contributed by atoms with Crippen LogP contribution < -0.4 is 9.47 Å². The second-order valence-electron chi connectivity index (χ2n) is 7.39. The number of rotatable bonds is 7. The maximum atomic E-state index is 12.9. The average molecular weight is 440 g/mol. The van der Waals surface area contributed by atoms with Gasteiger partial charge in [-0.25, -0.2) is 0 Å². The molecule has 0 saturated heterocycles. The van der Waals surface area contributed by atoms with Crippen molar-refractivity contribution >= 4 is 17.7 Å². The highest BCUT2D eigenvalue weighted by atomic mass is 32.2. The first-order chi connectivity index (χ1) is 15.0. The van der Waals surface area contributed by atoms with Gasteiger partial charge in [-0.05, 0) is 72.2 Å². The molecule has 4 rings (SSSR count). The summed E-state index contributed by atoms with van der Waals surface area (Å²) in [6, 6.07) is 12.0. The largest absolute Gasteiger partial charge is 0.486 e. The van der Waals surface area contributed by atoms with Crippen LogP contribution in [0.2, 0.25) is 0 Å². The lowest BCUT2D eigenvalue weighted by atomic mass is 10.1. The monoisotopic (exact) mass is 439 g/mol. The predicted octanol–water partition coefficient (Wildman–Crippen LogP) is 3.19.